The maximum absolute atomic E-state index is 11.8. The number of amides is 1. The molecule has 5 nitrogen and oxygen atoms in total. The predicted molar refractivity (Wildman–Crippen MR) is 83.6 cm³/mol. The fourth-order valence-electron chi connectivity index (χ4n) is 3.49. The van der Waals surface area contributed by atoms with Crippen molar-refractivity contribution in [1.82, 2.24) is 10.3 Å². The molecule has 1 amide bonds. The first kappa shape index (κ1) is 14.3. The van der Waals surface area contributed by atoms with Gasteiger partial charge in [-0.05, 0) is 62.7 Å². The van der Waals surface area contributed by atoms with Gasteiger partial charge >= 0.3 is 0 Å². The minimum absolute atomic E-state index is 0.374. The van der Waals surface area contributed by atoms with Crippen molar-refractivity contribution in [1.29, 1.82) is 0 Å². The van der Waals surface area contributed by atoms with Crippen LogP contribution < -0.4 is 16.0 Å². The molecule has 0 aromatic carbocycles. The van der Waals surface area contributed by atoms with Gasteiger partial charge in [-0.15, -0.1) is 0 Å². The highest BCUT2D eigenvalue weighted by Gasteiger charge is 2.23. The number of carbonyl (C=O) groups is 1. The quantitative estimate of drug-likeness (QED) is 0.870. The Morgan fingerprint density at radius 3 is 3.05 bits per heavy atom. The van der Waals surface area contributed by atoms with E-state index in [1.807, 2.05) is 13.1 Å². The summed E-state index contributed by atoms with van der Waals surface area (Å²) in [5, 5.41) is 3.43. The zero-order valence-corrected chi connectivity index (χ0v) is 12.7. The first-order valence-electron chi connectivity index (χ1n) is 7.89. The molecule has 1 aliphatic carbocycles. The van der Waals surface area contributed by atoms with E-state index in [1.54, 1.807) is 0 Å². The molecule has 1 atom stereocenters. The molecular weight excluding hydrogens is 264 g/mol. The molecule has 0 saturated carbocycles. The molecule has 2 aliphatic rings. The van der Waals surface area contributed by atoms with E-state index in [-0.39, 0.29) is 5.91 Å². The number of nitrogens with zero attached hydrogens (tertiary/aromatic N) is 2. The molecule has 1 unspecified atom stereocenters. The molecule has 1 aromatic rings. The lowest BCUT2D eigenvalue weighted by Crippen LogP contribution is -2.37. The second kappa shape index (κ2) is 6.02. The van der Waals surface area contributed by atoms with Crippen molar-refractivity contribution in [2.24, 2.45) is 11.7 Å². The van der Waals surface area contributed by atoms with Crippen molar-refractivity contribution in [3.63, 3.8) is 0 Å². The number of pyridine rings is 1. The Labute approximate surface area is 125 Å². The normalized spacial score (nSPS) is 21.1. The Balaban J connectivity index is 1.83. The average Bonchev–Trinajstić information content (AvgIpc) is 2.94. The molecule has 0 spiro atoms. The van der Waals surface area contributed by atoms with Gasteiger partial charge in [0, 0.05) is 19.3 Å². The highest BCUT2D eigenvalue weighted by atomic mass is 16.1. The Kier molecular flexibility index (Phi) is 4.10. The standard InChI is InChI=1S/C16H24N4O/c1-20(10-11-4-3-7-18-9-11)16-13(15(17)21)8-12-5-2-6-14(12)19-16/h8,11,18H,2-7,9-10H2,1H3,(H2,17,21). The number of primary amides is 1. The second-order valence-electron chi connectivity index (χ2n) is 6.28. The van der Waals surface area contributed by atoms with E-state index in [0.29, 0.717) is 11.5 Å². The summed E-state index contributed by atoms with van der Waals surface area (Å²) in [5.74, 6) is 0.995. The van der Waals surface area contributed by atoms with Crippen molar-refractivity contribution < 1.29 is 4.79 Å². The van der Waals surface area contributed by atoms with Crippen LogP contribution >= 0.6 is 0 Å². The SMILES string of the molecule is CN(CC1CCCNC1)c1nc2c(cc1C(N)=O)CCC2. The van der Waals surface area contributed by atoms with Crippen LogP contribution in [0.1, 0.15) is 40.9 Å². The lowest BCUT2D eigenvalue weighted by Gasteiger charge is -2.29. The van der Waals surface area contributed by atoms with Crippen LogP contribution in [0, 0.1) is 5.92 Å². The number of hydrogen-bond donors (Lipinski definition) is 2. The van der Waals surface area contributed by atoms with Crippen LogP contribution in [0.3, 0.4) is 0 Å². The van der Waals surface area contributed by atoms with Crippen LogP contribution in [0.5, 0.6) is 0 Å². The number of nitrogens with two attached hydrogens (primary N) is 1. The Morgan fingerprint density at radius 1 is 1.48 bits per heavy atom. The summed E-state index contributed by atoms with van der Waals surface area (Å²) in [5.41, 5.74) is 8.47. The number of aromatic nitrogens is 1. The minimum Gasteiger partial charge on any atom is -0.365 e. The van der Waals surface area contributed by atoms with Crippen LogP contribution in [0.25, 0.3) is 0 Å². The first-order chi connectivity index (χ1) is 10.1. The fraction of sp³-hybridized carbons (Fsp3) is 0.625. The van der Waals surface area contributed by atoms with Crippen LogP contribution in [0.15, 0.2) is 6.07 Å². The van der Waals surface area contributed by atoms with Crippen molar-refractivity contribution in [3.05, 3.63) is 22.9 Å². The number of fused-ring (bicyclic) bond motifs is 1. The zero-order chi connectivity index (χ0) is 14.8. The van der Waals surface area contributed by atoms with Gasteiger partial charge in [0.05, 0.1) is 5.56 Å². The summed E-state index contributed by atoms with van der Waals surface area (Å²) in [6, 6.07) is 1.96. The van der Waals surface area contributed by atoms with E-state index in [1.165, 1.54) is 18.4 Å². The average molecular weight is 288 g/mol. The highest BCUT2D eigenvalue weighted by molar-refractivity contribution is 5.98. The van der Waals surface area contributed by atoms with Gasteiger partial charge in [0.15, 0.2) is 0 Å². The molecule has 1 aliphatic heterocycles. The predicted octanol–water partition coefficient (Wildman–Crippen LogP) is 1.10. The molecule has 1 aromatic heterocycles. The van der Waals surface area contributed by atoms with Crippen molar-refractivity contribution >= 4 is 11.7 Å². The number of aryl methyl sites for hydroxylation is 2. The van der Waals surface area contributed by atoms with E-state index in [0.717, 1.165) is 50.4 Å². The van der Waals surface area contributed by atoms with Gasteiger partial charge in [-0.3, -0.25) is 4.79 Å². The van der Waals surface area contributed by atoms with Gasteiger partial charge < -0.3 is 16.0 Å². The van der Waals surface area contributed by atoms with Crippen molar-refractivity contribution in [2.75, 3.05) is 31.6 Å². The number of hydrogen-bond acceptors (Lipinski definition) is 4. The van der Waals surface area contributed by atoms with Crippen molar-refractivity contribution in [3.8, 4) is 0 Å². The van der Waals surface area contributed by atoms with Gasteiger partial charge in [0.2, 0.25) is 0 Å². The molecule has 3 N–H and O–H groups in total. The second-order valence-corrected chi connectivity index (χ2v) is 6.28. The summed E-state index contributed by atoms with van der Waals surface area (Å²) in [7, 11) is 2.02. The molecule has 0 bridgehead atoms. The summed E-state index contributed by atoms with van der Waals surface area (Å²) in [6.45, 7) is 3.07. The van der Waals surface area contributed by atoms with Gasteiger partial charge in [-0.2, -0.15) is 0 Å². The van der Waals surface area contributed by atoms with Gasteiger partial charge in [-0.25, -0.2) is 4.98 Å². The molecule has 3 rings (SSSR count). The lowest BCUT2D eigenvalue weighted by atomic mass is 9.99. The molecule has 21 heavy (non-hydrogen) atoms. The van der Waals surface area contributed by atoms with E-state index in [9.17, 15) is 4.79 Å². The molecule has 1 saturated heterocycles. The summed E-state index contributed by atoms with van der Waals surface area (Å²) in [4.78, 5) is 18.6. The van der Waals surface area contributed by atoms with E-state index in [2.05, 4.69) is 10.2 Å². The Hall–Kier alpha value is -1.62. The molecule has 5 heteroatoms. The summed E-state index contributed by atoms with van der Waals surface area (Å²) >= 11 is 0. The first-order valence-corrected chi connectivity index (χ1v) is 7.89. The smallest absolute Gasteiger partial charge is 0.252 e. The molecule has 0 radical (unpaired) electrons. The number of rotatable bonds is 4. The van der Waals surface area contributed by atoms with Crippen LogP contribution in [0.4, 0.5) is 5.82 Å². The number of anilines is 1. The topological polar surface area (TPSA) is 71.2 Å². The third-order valence-corrected chi connectivity index (χ3v) is 4.59. The largest absolute Gasteiger partial charge is 0.365 e. The van der Waals surface area contributed by atoms with Crippen LogP contribution in [-0.4, -0.2) is 37.6 Å². The van der Waals surface area contributed by atoms with Gasteiger partial charge in [0.25, 0.3) is 5.91 Å². The number of piperidine rings is 1. The van der Waals surface area contributed by atoms with E-state index < -0.39 is 0 Å². The molecular formula is C16H24N4O. The van der Waals surface area contributed by atoms with E-state index >= 15 is 0 Å². The Morgan fingerprint density at radius 2 is 2.33 bits per heavy atom. The monoisotopic (exact) mass is 288 g/mol. The maximum Gasteiger partial charge on any atom is 0.252 e. The molecule has 2 heterocycles. The minimum atomic E-state index is -0.374. The van der Waals surface area contributed by atoms with E-state index in [4.69, 9.17) is 10.7 Å². The van der Waals surface area contributed by atoms with Crippen LogP contribution in [0.2, 0.25) is 0 Å². The number of carbonyl (C=O) groups excluding carboxylic acids is 1. The third-order valence-electron chi connectivity index (χ3n) is 4.59. The fourth-order valence-corrected chi connectivity index (χ4v) is 3.49. The molecule has 114 valence electrons. The molecule has 1 fully saturated rings. The highest BCUT2D eigenvalue weighted by Crippen LogP contribution is 2.27. The summed E-state index contributed by atoms with van der Waals surface area (Å²) in [6.07, 6.45) is 5.60. The van der Waals surface area contributed by atoms with Gasteiger partial charge in [-0.1, -0.05) is 0 Å². The van der Waals surface area contributed by atoms with Crippen LogP contribution in [-0.2, 0) is 12.8 Å². The van der Waals surface area contributed by atoms with Crippen molar-refractivity contribution in [2.45, 2.75) is 32.1 Å². The Bertz CT molecular complexity index is 537. The summed E-state index contributed by atoms with van der Waals surface area (Å²) < 4.78 is 0. The number of nitrogens with one attached hydrogen (secondary N) is 1. The maximum atomic E-state index is 11.8. The van der Waals surface area contributed by atoms with Gasteiger partial charge in [0.1, 0.15) is 5.82 Å². The zero-order valence-electron chi connectivity index (χ0n) is 12.7. The lowest BCUT2D eigenvalue weighted by molar-refractivity contribution is 0.100. The third kappa shape index (κ3) is 3.02.